The number of fused-ring (bicyclic) bond motifs is 3. The lowest BCUT2D eigenvalue weighted by atomic mass is 10.0. The number of anilines is 1. The molecule has 0 radical (unpaired) electrons. The Labute approximate surface area is 180 Å². The summed E-state index contributed by atoms with van der Waals surface area (Å²) in [5.74, 6) is 0.287. The molecule has 1 heterocycles. The molecular weight excluding hydrogens is 388 g/mol. The molecular formula is C25H20N4O2. The van der Waals surface area contributed by atoms with Crippen LogP contribution in [0.5, 0.6) is 5.75 Å². The summed E-state index contributed by atoms with van der Waals surface area (Å²) in [6.07, 6.45) is 0.338. The van der Waals surface area contributed by atoms with Gasteiger partial charge in [-0.05, 0) is 70.6 Å². The van der Waals surface area contributed by atoms with Crippen LogP contribution < -0.4 is 20.7 Å². The molecule has 0 spiro atoms. The Morgan fingerprint density at radius 1 is 1.00 bits per heavy atom. The van der Waals surface area contributed by atoms with Crippen LogP contribution in [0.1, 0.15) is 16.7 Å². The van der Waals surface area contributed by atoms with E-state index in [9.17, 15) is 10.1 Å². The van der Waals surface area contributed by atoms with Gasteiger partial charge in [-0.15, -0.1) is 0 Å². The minimum absolute atomic E-state index is 0.0487. The van der Waals surface area contributed by atoms with Crippen molar-refractivity contribution in [2.24, 2.45) is 0 Å². The van der Waals surface area contributed by atoms with Crippen LogP contribution in [0.2, 0.25) is 0 Å². The van der Waals surface area contributed by atoms with Crippen molar-refractivity contribution in [3.8, 4) is 22.9 Å². The number of nitrogens with zero attached hydrogens (tertiary/aromatic N) is 1. The van der Waals surface area contributed by atoms with Crippen LogP contribution in [-0.2, 0) is 11.2 Å². The average Bonchev–Trinajstić information content (AvgIpc) is 3.16. The predicted molar refractivity (Wildman–Crippen MR) is 119 cm³/mol. The highest BCUT2D eigenvalue weighted by atomic mass is 16.5. The molecule has 6 heteroatoms. The van der Waals surface area contributed by atoms with E-state index in [1.165, 1.54) is 22.3 Å². The topological polar surface area (TPSA) is 86.2 Å². The highest BCUT2D eigenvalue weighted by molar-refractivity contribution is 6.06. The van der Waals surface area contributed by atoms with Crippen molar-refractivity contribution >= 4 is 17.3 Å². The van der Waals surface area contributed by atoms with Crippen LogP contribution in [-0.4, -0.2) is 19.3 Å². The molecule has 3 aromatic carbocycles. The molecule has 1 atom stereocenters. The second kappa shape index (κ2) is 7.54. The van der Waals surface area contributed by atoms with Crippen molar-refractivity contribution in [3.63, 3.8) is 0 Å². The third-order valence-electron chi connectivity index (χ3n) is 5.64. The zero-order chi connectivity index (χ0) is 21.4. The molecule has 6 nitrogen and oxygen atoms in total. The van der Waals surface area contributed by atoms with Gasteiger partial charge in [0.2, 0.25) is 0 Å². The van der Waals surface area contributed by atoms with E-state index in [1.807, 2.05) is 24.3 Å². The van der Waals surface area contributed by atoms with Crippen LogP contribution >= 0.6 is 0 Å². The molecule has 0 saturated carbocycles. The summed E-state index contributed by atoms with van der Waals surface area (Å²) >= 11 is 0. The third kappa shape index (κ3) is 3.36. The van der Waals surface area contributed by atoms with E-state index in [-0.39, 0.29) is 5.57 Å². The van der Waals surface area contributed by atoms with Gasteiger partial charge < -0.3 is 20.7 Å². The maximum absolute atomic E-state index is 12.6. The Hall–Kier alpha value is -4.24. The van der Waals surface area contributed by atoms with E-state index in [1.54, 1.807) is 19.2 Å². The molecule has 0 bridgehead atoms. The van der Waals surface area contributed by atoms with Crippen LogP contribution in [0, 0.1) is 11.3 Å². The van der Waals surface area contributed by atoms with Crippen molar-refractivity contribution in [3.05, 3.63) is 89.0 Å². The first-order valence-electron chi connectivity index (χ1n) is 10.00. The average molecular weight is 408 g/mol. The number of ether oxygens (including phenoxy) is 1. The second-order valence-electron chi connectivity index (χ2n) is 7.49. The maximum Gasteiger partial charge on any atom is 0.267 e. The molecule has 5 rings (SSSR count). The maximum atomic E-state index is 12.6. The first kappa shape index (κ1) is 18.8. The fourth-order valence-electron chi connectivity index (χ4n) is 4.14. The number of rotatable bonds is 4. The van der Waals surface area contributed by atoms with Gasteiger partial charge in [-0.2, -0.15) is 5.26 Å². The quantitative estimate of drug-likeness (QED) is 0.480. The zero-order valence-electron chi connectivity index (χ0n) is 16.9. The molecule has 1 unspecified atom stereocenters. The summed E-state index contributed by atoms with van der Waals surface area (Å²) in [5.41, 5.74) is 7.25. The zero-order valence-corrected chi connectivity index (χ0v) is 16.9. The van der Waals surface area contributed by atoms with Gasteiger partial charge in [0.15, 0.2) is 6.29 Å². The summed E-state index contributed by atoms with van der Waals surface area (Å²) in [6, 6.07) is 23.9. The van der Waals surface area contributed by atoms with Gasteiger partial charge in [0, 0.05) is 5.69 Å². The summed E-state index contributed by atoms with van der Waals surface area (Å²) < 4.78 is 5.20. The fourth-order valence-corrected chi connectivity index (χ4v) is 4.14. The molecule has 2 aliphatic rings. The molecule has 0 fully saturated rings. The summed E-state index contributed by atoms with van der Waals surface area (Å²) in [4.78, 5) is 12.6. The number of benzene rings is 3. The third-order valence-corrected chi connectivity index (χ3v) is 5.64. The number of nitriles is 1. The minimum atomic E-state index is -0.552. The standard InChI is InChI=1S/C25H20N4O2/c1-31-19-9-6-15(7-10-19)23-22(14-26)24(30)29-25(28-23)27-18-8-11-21-17(13-18)12-16-4-2-3-5-20(16)21/h2-11,13,25,27-28H,12H2,1H3,(H,29,30). The molecule has 31 heavy (non-hydrogen) atoms. The van der Waals surface area contributed by atoms with Gasteiger partial charge in [0.1, 0.15) is 17.4 Å². The SMILES string of the molecule is COc1ccc(C2=C(C#N)C(=O)NC(Nc3ccc4c(c3)Cc3ccccc3-4)N2)cc1. The van der Waals surface area contributed by atoms with Gasteiger partial charge in [0.05, 0.1) is 12.8 Å². The molecule has 1 aliphatic heterocycles. The highest BCUT2D eigenvalue weighted by Gasteiger charge is 2.27. The smallest absolute Gasteiger partial charge is 0.267 e. The Balaban J connectivity index is 1.40. The largest absolute Gasteiger partial charge is 0.497 e. The molecule has 0 saturated heterocycles. The van der Waals surface area contributed by atoms with E-state index in [4.69, 9.17) is 4.74 Å². The van der Waals surface area contributed by atoms with Gasteiger partial charge >= 0.3 is 0 Å². The van der Waals surface area contributed by atoms with Crippen molar-refractivity contribution in [2.75, 3.05) is 12.4 Å². The second-order valence-corrected chi connectivity index (χ2v) is 7.49. The van der Waals surface area contributed by atoms with Crippen molar-refractivity contribution in [1.29, 1.82) is 5.26 Å². The Morgan fingerprint density at radius 3 is 2.55 bits per heavy atom. The van der Waals surface area contributed by atoms with Crippen molar-refractivity contribution in [2.45, 2.75) is 12.7 Å². The Morgan fingerprint density at radius 2 is 1.77 bits per heavy atom. The fraction of sp³-hybridized carbons (Fsp3) is 0.120. The lowest BCUT2D eigenvalue weighted by Crippen LogP contribution is -2.54. The number of hydrogen-bond donors (Lipinski definition) is 3. The summed E-state index contributed by atoms with van der Waals surface area (Å²) in [7, 11) is 1.59. The van der Waals surface area contributed by atoms with Crippen molar-refractivity contribution in [1.82, 2.24) is 10.6 Å². The van der Waals surface area contributed by atoms with E-state index in [2.05, 4.69) is 52.3 Å². The van der Waals surface area contributed by atoms with E-state index < -0.39 is 12.2 Å². The first-order valence-corrected chi connectivity index (χ1v) is 10.00. The van der Waals surface area contributed by atoms with E-state index in [0.29, 0.717) is 11.4 Å². The number of amides is 1. The van der Waals surface area contributed by atoms with Gasteiger partial charge in [-0.1, -0.05) is 30.3 Å². The Bertz CT molecular complexity index is 1260. The number of methoxy groups -OCH3 is 1. The molecule has 152 valence electrons. The number of carbonyl (C=O) groups excluding carboxylic acids is 1. The minimum Gasteiger partial charge on any atom is -0.497 e. The summed E-state index contributed by atoms with van der Waals surface area (Å²) in [6.45, 7) is 0. The number of nitrogens with one attached hydrogen (secondary N) is 3. The number of carbonyl (C=O) groups is 1. The molecule has 0 aromatic heterocycles. The summed E-state index contributed by atoms with van der Waals surface area (Å²) in [5, 5.41) is 18.9. The predicted octanol–water partition coefficient (Wildman–Crippen LogP) is 3.62. The van der Waals surface area contributed by atoms with Crippen LogP contribution in [0.25, 0.3) is 16.8 Å². The van der Waals surface area contributed by atoms with Gasteiger partial charge in [0.25, 0.3) is 5.91 Å². The molecule has 3 aromatic rings. The lowest BCUT2D eigenvalue weighted by molar-refractivity contribution is -0.118. The first-order chi connectivity index (χ1) is 15.2. The van der Waals surface area contributed by atoms with Crippen LogP contribution in [0.15, 0.2) is 72.3 Å². The molecule has 1 amide bonds. The molecule has 3 N–H and O–H groups in total. The lowest BCUT2D eigenvalue weighted by Gasteiger charge is -2.29. The van der Waals surface area contributed by atoms with Gasteiger partial charge in [-0.3, -0.25) is 4.79 Å². The molecule has 1 aliphatic carbocycles. The van der Waals surface area contributed by atoms with Crippen molar-refractivity contribution < 1.29 is 9.53 Å². The normalized spacial score (nSPS) is 16.5. The van der Waals surface area contributed by atoms with E-state index >= 15 is 0 Å². The number of hydrogen-bond acceptors (Lipinski definition) is 5. The monoisotopic (exact) mass is 408 g/mol. The highest BCUT2D eigenvalue weighted by Crippen LogP contribution is 2.37. The Kier molecular flexibility index (Phi) is 4.57. The van der Waals surface area contributed by atoms with Crippen LogP contribution in [0.3, 0.4) is 0 Å². The van der Waals surface area contributed by atoms with Gasteiger partial charge in [-0.25, -0.2) is 0 Å². The van der Waals surface area contributed by atoms with Crippen LogP contribution in [0.4, 0.5) is 5.69 Å². The van der Waals surface area contributed by atoms with E-state index in [0.717, 1.165) is 17.7 Å².